The monoisotopic (exact) mass is 238 g/mol. The van der Waals surface area contributed by atoms with Gasteiger partial charge in [-0.05, 0) is 6.26 Å². The first kappa shape index (κ1) is 16.7. The number of aromatic nitrogens is 2. The van der Waals surface area contributed by atoms with Gasteiger partial charge in [0.25, 0.3) is 5.56 Å². The molecule has 1 aromatic rings. The summed E-state index contributed by atoms with van der Waals surface area (Å²) in [5, 5.41) is 9.20. The summed E-state index contributed by atoms with van der Waals surface area (Å²) >= 11 is 1.27. The van der Waals surface area contributed by atoms with Gasteiger partial charge in [0, 0.05) is 0 Å². The molecule has 2 N–H and O–H groups in total. The number of aromatic hydroxyl groups is 1. The van der Waals surface area contributed by atoms with Crippen molar-refractivity contribution in [2.24, 2.45) is 0 Å². The molecule has 4 nitrogen and oxygen atoms in total. The Morgan fingerprint density at radius 1 is 1.67 bits per heavy atom. The van der Waals surface area contributed by atoms with E-state index in [1.807, 2.05) is 0 Å². The molecule has 1 aromatic heterocycles. The van der Waals surface area contributed by atoms with Crippen LogP contribution in [0, 0.1) is 0 Å². The Morgan fingerprint density at radius 2 is 2.25 bits per heavy atom. The number of nitrogens with one attached hydrogen (secondary N) is 1. The zero-order valence-corrected chi connectivity index (χ0v) is 14.4. The van der Waals surface area contributed by atoms with Gasteiger partial charge in [0.1, 0.15) is 0 Å². The van der Waals surface area contributed by atoms with Crippen molar-refractivity contribution in [3.8, 4) is 5.88 Å². The summed E-state index contributed by atoms with van der Waals surface area (Å²) in [6, 6.07) is 1.03. The molecule has 0 unspecified atom stereocenters. The summed E-state index contributed by atoms with van der Waals surface area (Å²) in [6.45, 7) is 0. The maximum atomic E-state index is 10.6. The molecule has 0 fully saturated rings. The van der Waals surface area contributed by atoms with E-state index in [2.05, 4.69) is 9.97 Å². The van der Waals surface area contributed by atoms with Gasteiger partial charge in [-0.25, -0.2) is 0 Å². The van der Waals surface area contributed by atoms with E-state index in [0.29, 0.717) is 5.16 Å². The van der Waals surface area contributed by atoms with Gasteiger partial charge in [0.2, 0.25) is 5.88 Å². The predicted octanol–water partition coefficient (Wildman–Crippen LogP) is -5.57. The minimum Gasteiger partial charge on any atom is -1.00 e. The van der Waals surface area contributed by atoms with Crippen molar-refractivity contribution in [2.45, 2.75) is 5.16 Å². The van der Waals surface area contributed by atoms with Crippen LogP contribution in [0.15, 0.2) is 16.0 Å². The third-order valence-electron chi connectivity index (χ3n) is 0.900. The molecule has 0 atom stereocenters. The number of H-pyrrole nitrogens is 1. The third kappa shape index (κ3) is 5.91. The molecular formula is C5H8K2N2O2S. The van der Waals surface area contributed by atoms with Gasteiger partial charge in [-0.15, -0.1) is 0 Å². The maximum Gasteiger partial charge on any atom is 1.00 e. The van der Waals surface area contributed by atoms with E-state index in [4.69, 9.17) is 5.11 Å². The van der Waals surface area contributed by atoms with Crippen LogP contribution in [0.2, 0.25) is 0 Å². The number of nitrogens with zero attached hydrogens (tertiary/aromatic N) is 1. The van der Waals surface area contributed by atoms with Crippen LogP contribution in [0.3, 0.4) is 0 Å². The molecule has 58 valence electrons. The van der Waals surface area contributed by atoms with E-state index in [9.17, 15) is 4.79 Å². The largest absolute Gasteiger partial charge is 1.00 e. The Kier molecular flexibility index (Phi) is 12.0. The topological polar surface area (TPSA) is 66.0 Å². The smallest absolute Gasteiger partial charge is 1.00 e. The van der Waals surface area contributed by atoms with Gasteiger partial charge >= 0.3 is 103 Å². The van der Waals surface area contributed by atoms with Gasteiger partial charge in [-0.3, -0.25) is 4.79 Å². The number of hydrogen-bond acceptors (Lipinski definition) is 4. The van der Waals surface area contributed by atoms with Crippen LogP contribution in [-0.2, 0) is 0 Å². The van der Waals surface area contributed by atoms with Crippen molar-refractivity contribution in [1.82, 2.24) is 9.97 Å². The molecule has 0 radical (unpaired) electrons. The van der Waals surface area contributed by atoms with Gasteiger partial charge < -0.3 is 12.9 Å². The summed E-state index contributed by atoms with van der Waals surface area (Å²) in [6.07, 6.45) is 1.76. The molecule has 12 heavy (non-hydrogen) atoms. The van der Waals surface area contributed by atoms with Crippen LogP contribution < -0.4 is 108 Å². The molecule has 0 aromatic carbocycles. The SMILES string of the molecule is CSc1nc(O)cc(=O)[nH]1.[H-].[H-].[K+].[K+]. The van der Waals surface area contributed by atoms with Crippen LogP contribution in [0.25, 0.3) is 0 Å². The normalized spacial score (nSPS) is 8.08. The molecule has 0 amide bonds. The Labute approximate surface area is 162 Å². The number of aromatic amines is 1. The van der Waals surface area contributed by atoms with Crippen molar-refractivity contribution in [2.75, 3.05) is 6.26 Å². The number of rotatable bonds is 1. The van der Waals surface area contributed by atoms with Crippen LogP contribution in [0.4, 0.5) is 0 Å². The first-order valence-electron chi connectivity index (χ1n) is 2.56. The van der Waals surface area contributed by atoms with E-state index in [1.165, 1.54) is 11.8 Å². The summed E-state index contributed by atoms with van der Waals surface area (Å²) in [4.78, 5) is 16.7. The van der Waals surface area contributed by atoms with E-state index in [0.717, 1.165) is 6.07 Å². The number of hydrogen-bond donors (Lipinski definition) is 2. The molecule has 1 heterocycles. The van der Waals surface area contributed by atoms with Crippen molar-refractivity contribution in [3.63, 3.8) is 0 Å². The molecule has 7 heteroatoms. The first-order valence-corrected chi connectivity index (χ1v) is 3.79. The fraction of sp³-hybridized carbons (Fsp3) is 0.200. The fourth-order valence-electron chi connectivity index (χ4n) is 0.520. The minimum absolute atomic E-state index is 0. The molecule has 0 spiro atoms. The Balaban J connectivity index is -0.000000125. The van der Waals surface area contributed by atoms with E-state index in [1.54, 1.807) is 6.26 Å². The predicted molar refractivity (Wildman–Crippen MR) is 40.5 cm³/mol. The van der Waals surface area contributed by atoms with Crippen LogP contribution in [0.5, 0.6) is 5.88 Å². The minimum atomic E-state index is -0.336. The van der Waals surface area contributed by atoms with Crippen molar-refractivity contribution in [3.05, 3.63) is 16.4 Å². The van der Waals surface area contributed by atoms with E-state index >= 15 is 0 Å². The Hall–Kier alpha value is 2.30. The standard InChI is InChI=1S/C5H6N2O2S.2K.2H/c1-10-5-6-3(8)2-4(9)7-5;;;;/h2H,1H3,(H2,6,7,8,9);;;;/q;2*+1;2*-1. The molecule has 0 aliphatic heterocycles. The zero-order valence-electron chi connectivity index (χ0n) is 9.29. The van der Waals surface area contributed by atoms with Crippen molar-refractivity contribution >= 4 is 11.8 Å². The van der Waals surface area contributed by atoms with Crippen LogP contribution >= 0.6 is 11.8 Å². The molecule has 0 aliphatic carbocycles. The molecular weight excluding hydrogens is 230 g/mol. The molecule has 0 bridgehead atoms. The van der Waals surface area contributed by atoms with Gasteiger partial charge in [0.15, 0.2) is 5.16 Å². The van der Waals surface area contributed by atoms with E-state index in [-0.39, 0.29) is 117 Å². The molecule has 0 saturated carbocycles. The molecule has 0 saturated heterocycles. The Morgan fingerprint density at radius 3 is 2.67 bits per heavy atom. The molecule has 1 rings (SSSR count). The maximum absolute atomic E-state index is 10.6. The average Bonchev–Trinajstić information content (AvgIpc) is 1.85. The Bertz CT molecular complexity index is 299. The van der Waals surface area contributed by atoms with Crippen LogP contribution in [0.1, 0.15) is 2.85 Å². The zero-order chi connectivity index (χ0) is 7.56. The third-order valence-corrected chi connectivity index (χ3v) is 1.48. The average molecular weight is 238 g/mol. The summed E-state index contributed by atoms with van der Waals surface area (Å²) < 4.78 is 0. The molecule has 0 aliphatic rings. The van der Waals surface area contributed by atoms with Gasteiger partial charge in [0.05, 0.1) is 6.07 Å². The fourth-order valence-corrected chi connectivity index (χ4v) is 0.907. The summed E-state index contributed by atoms with van der Waals surface area (Å²) in [5.74, 6) is -0.242. The second-order valence-corrected chi connectivity index (χ2v) is 2.41. The van der Waals surface area contributed by atoms with Crippen molar-refractivity contribution in [1.29, 1.82) is 0 Å². The van der Waals surface area contributed by atoms with Crippen LogP contribution in [-0.4, -0.2) is 21.3 Å². The summed E-state index contributed by atoms with van der Waals surface area (Å²) in [7, 11) is 0. The number of thioether (sulfide) groups is 1. The summed E-state index contributed by atoms with van der Waals surface area (Å²) in [5.41, 5.74) is -0.336. The van der Waals surface area contributed by atoms with Gasteiger partial charge in [-0.2, -0.15) is 4.98 Å². The van der Waals surface area contributed by atoms with E-state index < -0.39 is 0 Å². The quantitative estimate of drug-likeness (QED) is 0.291. The second kappa shape index (κ2) is 8.60. The second-order valence-electron chi connectivity index (χ2n) is 1.61. The van der Waals surface area contributed by atoms with Gasteiger partial charge in [-0.1, -0.05) is 11.8 Å². The first-order chi connectivity index (χ1) is 4.72. The van der Waals surface area contributed by atoms with Crippen molar-refractivity contribution < 1.29 is 111 Å².